The maximum absolute atomic E-state index is 12.3. The second-order valence-corrected chi connectivity index (χ2v) is 4.62. The number of aryl methyl sites for hydroxylation is 1. The van der Waals surface area contributed by atoms with Gasteiger partial charge in [-0.15, -0.1) is 0 Å². The molecule has 0 aliphatic carbocycles. The summed E-state index contributed by atoms with van der Waals surface area (Å²) >= 11 is 0. The summed E-state index contributed by atoms with van der Waals surface area (Å²) < 4.78 is 12.3. The molecule has 8 heteroatoms. The smallest absolute Gasteiger partial charge is 0.140 e. The summed E-state index contributed by atoms with van der Waals surface area (Å²) in [6, 6.07) is 0. The average molecular weight is 319 g/mol. The number of nitrogens with two attached hydrogens (primary N) is 1. The van der Waals surface area contributed by atoms with Crippen molar-refractivity contribution in [3.05, 3.63) is 35.2 Å². The predicted octanol–water partition coefficient (Wildman–Crippen LogP) is 1.82. The molecule has 0 unspecified atom stereocenters. The van der Waals surface area contributed by atoms with Crippen LogP contribution in [0.4, 0.5) is 16.1 Å². The van der Waals surface area contributed by atoms with Crippen LogP contribution >= 0.6 is 0 Å². The lowest BCUT2D eigenvalue weighted by atomic mass is 10.2. The summed E-state index contributed by atoms with van der Waals surface area (Å²) in [6.45, 7) is 5.63. The number of aromatic nitrogens is 2. The molecule has 0 saturated carbocycles. The second kappa shape index (κ2) is 10.2. The zero-order valence-corrected chi connectivity index (χ0v) is 13.3. The number of rotatable bonds is 9. The highest BCUT2D eigenvalue weighted by atomic mass is 19.2. The number of nitrogens with one attached hydrogen (secondary N) is 3. The first kappa shape index (κ1) is 18.4. The zero-order valence-electron chi connectivity index (χ0n) is 13.3. The quantitative estimate of drug-likeness (QED) is 0.315. The molecule has 23 heavy (non-hydrogen) atoms. The van der Waals surface area contributed by atoms with Gasteiger partial charge in [0, 0.05) is 19.3 Å². The van der Waals surface area contributed by atoms with Crippen molar-refractivity contribution in [2.24, 2.45) is 5.21 Å². The van der Waals surface area contributed by atoms with Crippen molar-refractivity contribution >= 4 is 24.1 Å². The maximum Gasteiger partial charge on any atom is 0.140 e. The van der Waals surface area contributed by atoms with Gasteiger partial charge < -0.3 is 21.8 Å². The fourth-order valence-corrected chi connectivity index (χ4v) is 1.76. The summed E-state index contributed by atoms with van der Waals surface area (Å²) in [5.41, 5.74) is 6.78. The van der Waals surface area contributed by atoms with Crippen molar-refractivity contribution < 1.29 is 4.48 Å². The number of hydrogen-bond donors (Lipinski definition) is 4. The summed E-state index contributed by atoms with van der Waals surface area (Å²) in [6.07, 6.45) is 7.69. The monoisotopic (exact) mass is 319 g/mol. The lowest BCUT2D eigenvalue weighted by Crippen LogP contribution is -2.13. The van der Waals surface area contributed by atoms with Gasteiger partial charge in [0.05, 0.1) is 11.8 Å². The van der Waals surface area contributed by atoms with Crippen LogP contribution in [0.2, 0.25) is 0 Å². The van der Waals surface area contributed by atoms with Gasteiger partial charge in [0.2, 0.25) is 0 Å². The van der Waals surface area contributed by atoms with Crippen LogP contribution in [0.15, 0.2) is 29.0 Å². The molecule has 1 aromatic rings. The zero-order chi connectivity index (χ0) is 17.1. The Bertz CT molecular complexity index is 608. The van der Waals surface area contributed by atoms with E-state index in [9.17, 15) is 4.48 Å². The van der Waals surface area contributed by atoms with Crippen molar-refractivity contribution in [1.82, 2.24) is 15.3 Å². The molecule has 0 fully saturated rings. The summed E-state index contributed by atoms with van der Waals surface area (Å²) in [5.74, 6) is 1.15. The minimum Gasteiger partial charge on any atom is -0.383 e. The van der Waals surface area contributed by atoms with Crippen LogP contribution < -0.4 is 16.4 Å². The Labute approximate surface area is 135 Å². The van der Waals surface area contributed by atoms with Crippen molar-refractivity contribution in [3.63, 3.8) is 0 Å². The molecule has 124 valence electrons. The number of allylic oxidation sites excluding steroid dienone is 2. The fraction of sp³-hybridized carbons (Fsp3) is 0.333. The number of likely N-dealkylation sites (N-methyl/N-ethyl adjacent to an activating group) is 1. The highest BCUT2D eigenvalue weighted by Crippen LogP contribution is 2.16. The molecular formula is C15H22FN7. The van der Waals surface area contributed by atoms with Crippen LogP contribution in [0.1, 0.15) is 18.3 Å². The van der Waals surface area contributed by atoms with E-state index in [-0.39, 0.29) is 12.4 Å². The van der Waals surface area contributed by atoms with Crippen LogP contribution in [0.25, 0.3) is 0 Å². The lowest BCUT2D eigenvalue weighted by molar-refractivity contribution is 0.541. The molecule has 1 aromatic heterocycles. The molecule has 0 aromatic carbocycles. The minimum absolute atomic E-state index is 0.227. The third-order valence-electron chi connectivity index (χ3n) is 2.86. The van der Waals surface area contributed by atoms with E-state index in [0.717, 1.165) is 25.5 Å². The number of halogens is 1. The number of anilines is 2. The first-order valence-corrected chi connectivity index (χ1v) is 7.21. The van der Waals surface area contributed by atoms with E-state index in [0.29, 0.717) is 22.8 Å². The minimum atomic E-state index is 0.227. The molecule has 0 aliphatic heterocycles. The SMILES string of the molecule is CCNC/C=C/C=C(\C=N/F)CNc1nc(C)nc(N)c1C=N. The lowest BCUT2D eigenvalue weighted by Gasteiger charge is -2.10. The van der Waals surface area contributed by atoms with Gasteiger partial charge in [-0.3, -0.25) is 0 Å². The maximum atomic E-state index is 12.3. The predicted molar refractivity (Wildman–Crippen MR) is 92.9 cm³/mol. The standard InChI is InChI=1S/C15H22FN7/c1-3-19-7-5-4-6-12(10-21-16)9-20-15-13(8-17)14(18)22-11(2)23-15/h4-6,8,10,17,19H,3,7,9H2,1-2H3,(H3,18,20,22,23)/b5-4+,12-6-,17-8?,21-10-. The number of nitrogen functional groups attached to an aromatic ring is 1. The van der Waals surface area contributed by atoms with E-state index in [1.807, 2.05) is 19.1 Å². The second-order valence-electron chi connectivity index (χ2n) is 4.62. The molecule has 0 atom stereocenters. The molecule has 0 radical (unpaired) electrons. The summed E-state index contributed by atoms with van der Waals surface area (Å²) in [5, 5.41) is 16.1. The third-order valence-corrected chi connectivity index (χ3v) is 2.86. The molecule has 0 saturated heterocycles. The molecule has 5 N–H and O–H groups in total. The van der Waals surface area contributed by atoms with Crippen LogP contribution in [-0.4, -0.2) is 42.0 Å². The van der Waals surface area contributed by atoms with E-state index >= 15 is 0 Å². The highest BCUT2D eigenvalue weighted by molar-refractivity contribution is 5.90. The normalized spacial score (nSPS) is 12.2. The van der Waals surface area contributed by atoms with E-state index in [4.69, 9.17) is 11.1 Å². The molecule has 1 heterocycles. The van der Waals surface area contributed by atoms with Crippen LogP contribution in [0, 0.1) is 12.3 Å². The summed E-state index contributed by atoms with van der Waals surface area (Å²) in [7, 11) is 0. The summed E-state index contributed by atoms with van der Waals surface area (Å²) in [4.78, 5) is 8.21. The van der Waals surface area contributed by atoms with Gasteiger partial charge in [0.15, 0.2) is 0 Å². The molecule has 0 bridgehead atoms. The van der Waals surface area contributed by atoms with Gasteiger partial charge in [-0.2, -0.15) is 0 Å². The van der Waals surface area contributed by atoms with E-state index < -0.39 is 0 Å². The van der Waals surface area contributed by atoms with Gasteiger partial charge in [-0.25, -0.2) is 9.97 Å². The van der Waals surface area contributed by atoms with Gasteiger partial charge in [0.25, 0.3) is 0 Å². The van der Waals surface area contributed by atoms with E-state index in [1.54, 1.807) is 13.0 Å². The molecule has 7 nitrogen and oxygen atoms in total. The first-order valence-electron chi connectivity index (χ1n) is 7.21. The average Bonchev–Trinajstić information content (AvgIpc) is 2.51. The largest absolute Gasteiger partial charge is 0.383 e. The van der Waals surface area contributed by atoms with Gasteiger partial charge in [-0.1, -0.05) is 34.8 Å². The van der Waals surface area contributed by atoms with Crippen molar-refractivity contribution in [1.29, 1.82) is 5.41 Å². The van der Waals surface area contributed by atoms with Gasteiger partial charge in [0.1, 0.15) is 17.5 Å². The molecular weight excluding hydrogens is 297 g/mol. The van der Waals surface area contributed by atoms with Crippen LogP contribution in [0.3, 0.4) is 0 Å². The van der Waals surface area contributed by atoms with Crippen molar-refractivity contribution in [2.75, 3.05) is 30.7 Å². The van der Waals surface area contributed by atoms with Gasteiger partial charge in [-0.05, 0) is 19.0 Å². The first-order chi connectivity index (χ1) is 11.1. The Kier molecular flexibility index (Phi) is 8.16. The Balaban J connectivity index is 2.81. The van der Waals surface area contributed by atoms with Crippen LogP contribution in [-0.2, 0) is 0 Å². The Morgan fingerprint density at radius 1 is 1.43 bits per heavy atom. The van der Waals surface area contributed by atoms with E-state index in [2.05, 4.69) is 25.8 Å². The molecule has 0 amide bonds. The number of hydrogen-bond acceptors (Lipinski definition) is 7. The molecule has 0 aliphatic rings. The third kappa shape index (κ3) is 6.35. The van der Waals surface area contributed by atoms with Crippen molar-refractivity contribution in [3.8, 4) is 0 Å². The van der Waals surface area contributed by atoms with Crippen LogP contribution in [0.5, 0.6) is 0 Å². The Hall–Kier alpha value is -2.61. The van der Waals surface area contributed by atoms with E-state index in [1.165, 1.54) is 0 Å². The highest BCUT2D eigenvalue weighted by Gasteiger charge is 2.08. The Morgan fingerprint density at radius 3 is 2.87 bits per heavy atom. The molecule has 1 rings (SSSR count). The molecule has 0 spiro atoms. The Morgan fingerprint density at radius 2 is 2.22 bits per heavy atom. The van der Waals surface area contributed by atoms with Gasteiger partial charge >= 0.3 is 0 Å². The topological polar surface area (TPSA) is 112 Å². The number of nitrogens with zero attached hydrogens (tertiary/aromatic N) is 3. The van der Waals surface area contributed by atoms with Crippen molar-refractivity contribution in [2.45, 2.75) is 13.8 Å². The fourth-order valence-electron chi connectivity index (χ4n) is 1.76.